The highest BCUT2D eigenvalue weighted by molar-refractivity contribution is 6.30. The van der Waals surface area contributed by atoms with E-state index < -0.39 is 5.82 Å². The van der Waals surface area contributed by atoms with E-state index in [1.165, 1.54) is 12.1 Å². The number of imidazole rings is 1. The summed E-state index contributed by atoms with van der Waals surface area (Å²) in [7, 11) is 0. The molecule has 3 rings (SSSR count). The lowest BCUT2D eigenvalue weighted by atomic mass is 9.92. The van der Waals surface area contributed by atoms with Crippen molar-refractivity contribution in [1.29, 1.82) is 0 Å². The minimum Gasteiger partial charge on any atom is -0.378 e. The largest absolute Gasteiger partial charge is 0.378 e. The molecule has 29 heavy (non-hydrogen) atoms. The summed E-state index contributed by atoms with van der Waals surface area (Å²) in [5.74, 6) is -0.640. The summed E-state index contributed by atoms with van der Waals surface area (Å²) < 4.78 is 26.4. The number of hydrogen-bond donors (Lipinski definition) is 1. The fraction of sp³-hybridized carbons (Fsp3) is 0.429. The first-order valence-electron chi connectivity index (χ1n) is 9.63. The maximum Gasteiger partial charge on any atom is 0.246 e. The van der Waals surface area contributed by atoms with Crippen LogP contribution in [-0.2, 0) is 14.3 Å². The number of aromatic nitrogens is 2. The molecule has 1 aromatic carbocycles. The Balaban J connectivity index is 1.38. The molecule has 8 heteroatoms. The molecule has 1 aliphatic carbocycles. The van der Waals surface area contributed by atoms with Gasteiger partial charge in [-0.05, 0) is 31.9 Å². The van der Waals surface area contributed by atoms with E-state index in [1.54, 1.807) is 23.2 Å². The smallest absolute Gasteiger partial charge is 0.246 e. The zero-order valence-electron chi connectivity index (χ0n) is 16.4. The molecule has 0 atom stereocenters. The summed E-state index contributed by atoms with van der Waals surface area (Å²) in [4.78, 5) is 16.2. The van der Waals surface area contributed by atoms with Crippen molar-refractivity contribution in [2.45, 2.75) is 38.4 Å². The number of hydrogen-bond acceptors (Lipinski definition) is 4. The van der Waals surface area contributed by atoms with Gasteiger partial charge in [-0.1, -0.05) is 24.2 Å². The number of nitrogens with one attached hydrogen (secondary N) is 1. The number of amides is 1. The molecule has 1 saturated carbocycles. The van der Waals surface area contributed by atoms with Crippen molar-refractivity contribution in [3.8, 4) is 11.3 Å². The van der Waals surface area contributed by atoms with Crippen LogP contribution in [0.25, 0.3) is 17.0 Å². The predicted molar refractivity (Wildman–Crippen MR) is 110 cm³/mol. The maximum atomic E-state index is 13.6. The van der Waals surface area contributed by atoms with Gasteiger partial charge in [-0.15, -0.1) is 0 Å². The van der Waals surface area contributed by atoms with Gasteiger partial charge >= 0.3 is 0 Å². The predicted octanol–water partition coefficient (Wildman–Crippen LogP) is 3.90. The standard InChI is InChI=1S/C21H25ClFN3O3/c1-3-28-16-9-17(10-16)29-12-21(27)24-7-6-14(2)26-11-20(25-13-26)15-4-5-18(22)19(23)8-15/h4-5,8,11,13,16-17H,2-3,6-7,9-10,12H2,1H3,(H,24,27)/t16-,17+. The molecule has 0 unspecified atom stereocenters. The van der Waals surface area contributed by atoms with Crippen molar-refractivity contribution in [2.24, 2.45) is 0 Å². The second-order valence-electron chi connectivity index (χ2n) is 6.94. The Morgan fingerprint density at radius 1 is 1.38 bits per heavy atom. The summed E-state index contributed by atoms with van der Waals surface area (Å²) in [5, 5.41) is 2.89. The summed E-state index contributed by atoms with van der Waals surface area (Å²) in [6.07, 6.45) is 5.99. The number of benzene rings is 1. The minimum absolute atomic E-state index is 0.0490. The van der Waals surface area contributed by atoms with Crippen LogP contribution in [0.3, 0.4) is 0 Å². The molecular weight excluding hydrogens is 397 g/mol. The lowest BCUT2D eigenvalue weighted by molar-refractivity contribution is -0.137. The minimum atomic E-state index is -0.488. The highest BCUT2D eigenvalue weighted by Gasteiger charge is 2.30. The van der Waals surface area contributed by atoms with Crippen molar-refractivity contribution >= 4 is 23.2 Å². The van der Waals surface area contributed by atoms with E-state index in [9.17, 15) is 9.18 Å². The van der Waals surface area contributed by atoms with Crippen LogP contribution in [0.5, 0.6) is 0 Å². The molecule has 156 valence electrons. The molecule has 1 N–H and O–H groups in total. The Morgan fingerprint density at radius 3 is 2.86 bits per heavy atom. The van der Waals surface area contributed by atoms with Crippen LogP contribution < -0.4 is 5.32 Å². The van der Waals surface area contributed by atoms with Crippen LogP contribution in [0.4, 0.5) is 4.39 Å². The highest BCUT2D eigenvalue weighted by Crippen LogP contribution is 2.26. The average molecular weight is 422 g/mol. The van der Waals surface area contributed by atoms with E-state index >= 15 is 0 Å². The third-order valence-electron chi connectivity index (χ3n) is 4.80. The van der Waals surface area contributed by atoms with E-state index in [1.807, 2.05) is 6.92 Å². The Hall–Kier alpha value is -2.22. The van der Waals surface area contributed by atoms with Gasteiger partial charge in [-0.2, -0.15) is 0 Å². The topological polar surface area (TPSA) is 65.4 Å². The number of rotatable bonds is 10. The van der Waals surface area contributed by atoms with Crippen molar-refractivity contribution < 1.29 is 18.7 Å². The molecule has 0 aliphatic heterocycles. The quantitative estimate of drug-likeness (QED) is 0.631. The first-order chi connectivity index (χ1) is 14.0. The van der Waals surface area contributed by atoms with Crippen LogP contribution in [0.15, 0.2) is 37.3 Å². The van der Waals surface area contributed by atoms with E-state index in [-0.39, 0.29) is 29.7 Å². The first-order valence-corrected chi connectivity index (χ1v) is 10.0. The van der Waals surface area contributed by atoms with Gasteiger partial charge in [0.25, 0.3) is 0 Å². The monoisotopic (exact) mass is 421 g/mol. The van der Waals surface area contributed by atoms with Crippen LogP contribution >= 0.6 is 11.6 Å². The number of nitrogens with zero attached hydrogens (tertiary/aromatic N) is 2. The molecule has 0 saturated heterocycles. The molecule has 1 heterocycles. The second kappa shape index (κ2) is 10.0. The van der Waals surface area contributed by atoms with Crippen LogP contribution in [0.2, 0.25) is 5.02 Å². The normalized spacial score (nSPS) is 18.3. The lowest BCUT2D eigenvalue weighted by Crippen LogP contribution is -2.40. The summed E-state index contributed by atoms with van der Waals surface area (Å²) in [6, 6.07) is 4.55. The van der Waals surface area contributed by atoms with Gasteiger partial charge in [0.15, 0.2) is 0 Å². The van der Waals surface area contributed by atoms with Crippen molar-refractivity contribution in [3.63, 3.8) is 0 Å². The molecule has 1 aromatic heterocycles. The molecular formula is C21H25ClFN3O3. The van der Waals surface area contributed by atoms with Crippen molar-refractivity contribution in [2.75, 3.05) is 19.8 Å². The van der Waals surface area contributed by atoms with Gasteiger partial charge in [0.2, 0.25) is 5.91 Å². The lowest BCUT2D eigenvalue weighted by Gasteiger charge is -2.34. The third-order valence-corrected chi connectivity index (χ3v) is 5.11. The highest BCUT2D eigenvalue weighted by atomic mass is 35.5. The fourth-order valence-electron chi connectivity index (χ4n) is 3.05. The van der Waals surface area contributed by atoms with Gasteiger partial charge in [0.1, 0.15) is 12.4 Å². The zero-order chi connectivity index (χ0) is 20.8. The van der Waals surface area contributed by atoms with E-state index in [0.29, 0.717) is 30.8 Å². The summed E-state index contributed by atoms with van der Waals surface area (Å²) in [5.41, 5.74) is 2.01. The van der Waals surface area contributed by atoms with Crippen LogP contribution in [0, 0.1) is 5.82 Å². The van der Waals surface area contributed by atoms with Gasteiger partial charge in [-0.3, -0.25) is 4.79 Å². The Morgan fingerprint density at radius 2 is 2.14 bits per heavy atom. The zero-order valence-corrected chi connectivity index (χ0v) is 17.1. The molecule has 1 amide bonds. The Bertz CT molecular complexity index is 865. The number of carbonyl (C=O) groups is 1. The molecule has 6 nitrogen and oxygen atoms in total. The summed E-state index contributed by atoms with van der Waals surface area (Å²) in [6.45, 7) is 7.18. The van der Waals surface area contributed by atoms with Crippen molar-refractivity contribution in [1.82, 2.24) is 14.9 Å². The molecule has 0 bridgehead atoms. The number of ether oxygens (including phenoxy) is 2. The average Bonchev–Trinajstić information content (AvgIpc) is 3.16. The van der Waals surface area contributed by atoms with Gasteiger partial charge in [-0.25, -0.2) is 9.37 Å². The number of halogens is 2. The third kappa shape index (κ3) is 5.88. The van der Waals surface area contributed by atoms with Gasteiger partial charge in [0, 0.05) is 37.0 Å². The van der Waals surface area contributed by atoms with Gasteiger partial charge in [0.05, 0.1) is 29.3 Å². The van der Waals surface area contributed by atoms with E-state index in [0.717, 1.165) is 18.5 Å². The molecule has 1 fully saturated rings. The van der Waals surface area contributed by atoms with Crippen LogP contribution in [-0.4, -0.2) is 47.4 Å². The summed E-state index contributed by atoms with van der Waals surface area (Å²) >= 11 is 5.71. The van der Waals surface area contributed by atoms with E-state index in [4.69, 9.17) is 21.1 Å². The first kappa shape index (κ1) is 21.5. The van der Waals surface area contributed by atoms with Gasteiger partial charge < -0.3 is 19.4 Å². The Labute approximate surface area is 174 Å². The Kier molecular flexibility index (Phi) is 7.41. The van der Waals surface area contributed by atoms with Crippen LogP contribution in [0.1, 0.15) is 26.2 Å². The molecule has 0 spiro atoms. The van der Waals surface area contributed by atoms with Crippen molar-refractivity contribution in [3.05, 3.63) is 48.1 Å². The molecule has 0 radical (unpaired) electrons. The molecule has 1 aliphatic rings. The maximum absolute atomic E-state index is 13.6. The second-order valence-corrected chi connectivity index (χ2v) is 7.35. The SMILES string of the molecule is C=C(CCNC(=O)CO[C@H]1C[C@@H](OCC)C1)n1cnc(-c2ccc(Cl)c(F)c2)c1. The number of carbonyl (C=O) groups excluding carboxylic acids is 1. The fourth-order valence-corrected chi connectivity index (χ4v) is 3.16. The van der Waals surface area contributed by atoms with E-state index in [2.05, 4.69) is 16.9 Å². The molecule has 2 aromatic rings.